The summed E-state index contributed by atoms with van der Waals surface area (Å²) >= 11 is 1.26. The Morgan fingerprint density at radius 1 is 1.41 bits per heavy atom. The van der Waals surface area contributed by atoms with Crippen LogP contribution in [0.1, 0.15) is 21.5 Å². The van der Waals surface area contributed by atoms with Gasteiger partial charge in [-0.3, -0.25) is 0 Å². The Hall–Kier alpha value is -2.28. The van der Waals surface area contributed by atoms with Crippen molar-refractivity contribution in [2.75, 3.05) is 25.7 Å². The SMILES string of the molecule is COc1nsc(OC)c1CN1CCc2ccc(C(=O)O)cc21. The maximum absolute atomic E-state index is 11.2. The van der Waals surface area contributed by atoms with Gasteiger partial charge in [-0.15, -0.1) is 0 Å². The number of methoxy groups -OCH3 is 2. The number of nitrogens with zero attached hydrogens (tertiary/aromatic N) is 2. The van der Waals surface area contributed by atoms with Gasteiger partial charge >= 0.3 is 5.97 Å². The number of carboxylic acid groups (broad SMARTS) is 1. The Kier molecular flexibility index (Phi) is 3.89. The van der Waals surface area contributed by atoms with Crippen LogP contribution in [0.15, 0.2) is 18.2 Å². The zero-order valence-electron chi connectivity index (χ0n) is 12.3. The molecule has 3 rings (SSSR count). The largest absolute Gasteiger partial charge is 0.486 e. The summed E-state index contributed by atoms with van der Waals surface area (Å²) in [6.07, 6.45) is 0.900. The first-order chi connectivity index (χ1) is 10.6. The molecule has 116 valence electrons. The summed E-state index contributed by atoms with van der Waals surface area (Å²) in [5.41, 5.74) is 3.30. The first-order valence-electron chi connectivity index (χ1n) is 6.81. The van der Waals surface area contributed by atoms with Crippen molar-refractivity contribution in [3.05, 3.63) is 34.9 Å². The van der Waals surface area contributed by atoms with Gasteiger partial charge in [0.05, 0.1) is 31.9 Å². The van der Waals surface area contributed by atoms with E-state index in [9.17, 15) is 4.79 Å². The van der Waals surface area contributed by atoms with E-state index in [-0.39, 0.29) is 0 Å². The number of fused-ring (bicyclic) bond motifs is 1. The molecule has 1 aromatic carbocycles. The van der Waals surface area contributed by atoms with Gasteiger partial charge in [0.15, 0.2) is 0 Å². The van der Waals surface area contributed by atoms with E-state index in [2.05, 4.69) is 9.27 Å². The predicted octanol–water partition coefficient (Wildman–Crippen LogP) is 2.42. The van der Waals surface area contributed by atoms with Gasteiger partial charge in [0.25, 0.3) is 0 Å². The van der Waals surface area contributed by atoms with E-state index in [1.54, 1.807) is 26.4 Å². The lowest BCUT2D eigenvalue weighted by Crippen LogP contribution is -2.20. The standard InChI is InChI=1S/C15H16N2O4S/c1-20-13-11(15(21-2)22-16-13)8-17-6-5-9-3-4-10(14(18)19)7-12(9)17/h3-4,7H,5-6,8H2,1-2H3,(H,18,19). The molecule has 7 heteroatoms. The summed E-state index contributed by atoms with van der Waals surface area (Å²) in [6, 6.07) is 5.26. The fourth-order valence-corrected chi connectivity index (χ4v) is 3.35. The minimum atomic E-state index is -0.915. The van der Waals surface area contributed by atoms with Crippen LogP contribution in [0.5, 0.6) is 10.9 Å². The Morgan fingerprint density at radius 3 is 2.91 bits per heavy atom. The molecule has 0 atom stereocenters. The molecule has 1 aliphatic heterocycles. The number of ether oxygens (including phenoxy) is 2. The molecular formula is C15H16N2O4S. The van der Waals surface area contributed by atoms with Crippen LogP contribution in [-0.2, 0) is 13.0 Å². The highest BCUT2D eigenvalue weighted by Gasteiger charge is 2.25. The molecule has 0 saturated carbocycles. The van der Waals surface area contributed by atoms with Gasteiger partial charge in [0.1, 0.15) is 0 Å². The van der Waals surface area contributed by atoms with E-state index in [4.69, 9.17) is 14.6 Å². The van der Waals surface area contributed by atoms with Crippen LogP contribution in [0.25, 0.3) is 0 Å². The fraction of sp³-hybridized carbons (Fsp3) is 0.333. The molecule has 1 aromatic heterocycles. The molecule has 0 bridgehead atoms. The molecule has 0 saturated heterocycles. The molecule has 6 nitrogen and oxygen atoms in total. The number of rotatable bonds is 5. The molecule has 1 N–H and O–H groups in total. The number of aromatic nitrogens is 1. The lowest BCUT2D eigenvalue weighted by atomic mass is 10.1. The van der Waals surface area contributed by atoms with Crippen LogP contribution >= 0.6 is 11.5 Å². The zero-order valence-corrected chi connectivity index (χ0v) is 13.1. The van der Waals surface area contributed by atoms with Crippen LogP contribution in [0.3, 0.4) is 0 Å². The monoisotopic (exact) mass is 320 g/mol. The smallest absolute Gasteiger partial charge is 0.335 e. The Morgan fingerprint density at radius 2 is 2.23 bits per heavy atom. The second-order valence-electron chi connectivity index (χ2n) is 4.98. The lowest BCUT2D eigenvalue weighted by molar-refractivity contribution is 0.0697. The minimum Gasteiger partial charge on any atom is -0.486 e. The summed E-state index contributed by atoms with van der Waals surface area (Å²) in [4.78, 5) is 13.3. The van der Waals surface area contributed by atoms with Gasteiger partial charge in [0, 0.05) is 23.8 Å². The van der Waals surface area contributed by atoms with Gasteiger partial charge in [-0.2, -0.15) is 4.37 Å². The quantitative estimate of drug-likeness (QED) is 0.912. The van der Waals surface area contributed by atoms with E-state index in [1.165, 1.54) is 11.5 Å². The van der Waals surface area contributed by atoms with E-state index in [1.807, 2.05) is 6.07 Å². The summed E-state index contributed by atoms with van der Waals surface area (Å²) in [5.74, 6) is -0.355. The van der Waals surface area contributed by atoms with Crippen molar-refractivity contribution in [1.82, 2.24) is 4.37 Å². The first kappa shape index (κ1) is 14.6. The van der Waals surface area contributed by atoms with E-state index in [0.717, 1.165) is 34.8 Å². The molecule has 0 amide bonds. The summed E-state index contributed by atoms with van der Waals surface area (Å²) in [7, 11) is 3.19. The highest BCUT2D eigenvalue weighted by atomic mass is 32.1. The number of benzene rings is 1. The first-order valence-corrected chi connectivity index (χ1v) is 7.59. The molecule has 0 fully saturated rings. The molecule has 0 spiro atoms. The highest BCUT2D eigenvalue weighted by molar-refractivity contribution is 7.08. The molecule has 0 unspecified atom stereocenters. The van der Waals surface area contributed by atoms with Crippen LogP contribution in [0, 0.1) is 0 Å². The average molecular weight is 320 g/mol. The Labute approximate surface area is 132 Å². The van der Waals surface area contributed by atoms with E-state index in [0.29, 0.717) is 18.0 Å². The number of aromatic carboxylic acids is 1. The van der Waals surface area contributed by atoms with Crippen molar-refractivity contribution in [3.8, 4) is 10.9 Å². The number of carbonyl (C=O) groups is 1. The second-order valence-corrected chi connectivity index (χ2v) is 5.72. The van der Waals surface area contributed by atoms with Crippen molar-refractivity contribution in [2.24, 2.45) is 0 Å². The molecular weight excluding hydrogens is 304 g/mol. The number of anilines is 1. The topological polar surface area (TPSA) is 71.9 Å². The third kappa shape index (κ3) is 2.48. The maximum Gasteiger partial charge on any atom is 0.335 e. The summed E-state index contributed by atoms with van der Waals surface area (Å²) < 4.78 is 14.9. The van der Waals surface area contributed by atoms with E-state index < -0.39 is 5.97 Å². The molecule has 1 aliphatic rings. The van der Waals surface area contributed by atoms with Gasteiger partial charge in [-0.1, -0.05) is 6.07 Å². The van der Waals surface area contributed by atoms with Crippen LogP contribution in [-0.4, -0.2) is 36.2 Å². The predicted molar refractivity (Wildman–Crippen MR) is 83.4 cm³/mol. The zero-order chi connectivity index (χ0) is 15.7. The van der Waals surface area contributed by atoms with Gasteiger partial charge in [-0.05, 0) is 24.1 Å². The minimum absolute atomic E-state index is 0.299. The third-order valence-corrected chi connectivity index (χ3v) is 4.60. The second kappa shape index (κ2) is 5.84. The fourth-order valence-electron chi connectivity index (χ4n) is 2.67. The van der Waals surface area contributed by atoms with Crippen molar-refractivity contribution in [3.63, 3.8) is 0 Å². The van der Waals surface area contributed by atoms with Gasteiger partial charge in [-0.25, -0.2) is 4.79 Å². The normalized spacial score (nSPS) is 13.1. The summed E-state index contributed by atoms with van der Waals surface area (Å²) in [6.45, 7) is 1.42. The average Bonchev–Trinajstić information content (AvgIpc) is 3.11. The lowest BCUT2D eigenvalue weighted by Gasteiger charge is -2.20. The highest BCUT2D eigenvalue weighted by Crippen LogP contribution is 2.37. The summed E-state index contributed by atoms with van der Waals surface area (Å²) in [5, 5.41) is 9.88. The van der Waals surface area contributed by atoms with Crippen LogP contribution < -0.4 is 14.4 Å². The van der Waals surface area contributed by atoms with Crippen LogP contribution in [0.4, 0.5) is 5.69 Å². The molecule has 2 aromatic rings. The van der Waals surface area contributed by atoms with Crippen molar-refractivity contribution in [1.29, 1.82) is 0 Å². The molecule has 2 heterocycles. The van der Waals surface area contributed by atoms with Crippen molar-refractivity contribution < 1.29 is 19.4 Å². The third-order valence-electron chi connectivity index (χ3n) is 3.77. The van der Waals surface area contributed by atoms with Crippen molar-refractivity contribution in [2.45, 2.75) is 13.0 Å². The Bertz CT molecular complexity index is 692. The van der Waals surface area contributed by atoms with E-state index >= 15 is 0 Å². The molecule has 0 aliphatic carbocycles. The number of hydrogen-bond donors (Lipinski definition) is 1. The number of carboxylic acids is 1. The van der Waals surface area contributed by atoms with Gasteiger partial charge < -0.3 is 19.5 Å². The molecule has 0 radical (unpaired) electrons. The number of hydrogen-bond acceptors (Lipinski definition) is 6. The Balaban J connectivity index is 1.92. The molecule has 22 heavy (non-hydrogen) atoms. The van der Waals surface area contributed by atoms with Gasteiger partial charge in [0.2, 0.25) is 10.9 Å². The van der Waals surface area contributed by atoms with Crippen LogP contribution in [0.2, 0.25) is 0 Å². The maximum atomic E-state index is 11.2. The van der Waals surface area contributed by atoms with Crippen molar-refractivity contribution >= 4 is 23.2 Å².